The molecule has 1 aliphatic carbocycles. The summed E-state index contributed by atoms with van der Waals surface area (Å²) in [7, 11) is 2.06. The summed E-state index contributed by atoms with van der Waals surface area (Å²) in [4.78, 5) is 45.7. The van der Waals surface area contributed by atoms with Crippen LogP contribution in [-0.2, 0) is 25.7 Å². The molecular formula is C33H39ClN4O4. The van der Waals surface area contributed by atoms with Gasteiger partial charge in [0.05, 0.1) is 17.9 Å². The topological polar surface area (TPSA) is 91.0 Å². The molecule has 1 saturated carbocycles. The number of anilines is 1. The lowest BCUT2D eigenvalue weighted by Crippen LogP contribution is -2.56. The zero-order valence-corrected chi connectivity index (χ0v) is 24.8. The van der Waals surface area contributed by atoms with Crippen LogP contribution in [0.5, 0.6) is 0 Å². The average Bonchev–Trinajstić information content (AvgIpc) is 3.61. The fraction of sp³-hybridized carbons (Fsp3) is 0.485. The molecule has 4 aliphatic rings. The summed E-state index contributed by atoms with van der Waals surface area (Å²) in [5, 5.41) is 6.69. The van der Waals surface area contributed by atoms with Crippen LogP contribution in [0.2, 0.25) is 5.02 Å². The Kier molecular flexibility index (Phi) is 8.39. The summed E-state index contributed by atoms with van der Waals surface area (Å²) in [5.74, 6) is -2.19. The number of carbonyl (C=O) groups excluding carboxylic acids is 3. The second-order valence-corrected chi connectivity index (χ2v) is 12.6. The van der Waals surface area contributed by atoms with Crippen LogP contribution in [0.15, 0.2) is 66.7 Å². The molecule has 42 heavy (non-hydrogen) atoms. The average molecular weight is 591 g/mol. The van der Waals surface area contributed by atoms with Gasteiger partial charge >= 0.3 is 0 Å². The number of fused-ring (bicyclic) bond motifs is 1. The fourth-order valence-corrected chi connectivity index (χ4v) is 7.50. The highest BCUT2D eigenvalue weighted by atomic mass is 35.5. The number of halogens is 1. The second-order valence-electron chi connectivity index (χ2n) is 12.2. The van der Waals surface area contributed by atoms with E-state index in [2.05, 4.69) is 34.7 Å². The van der Waals surface area contributed by atoms with Crippen LogP contribution < -0.4 is 10.6 Å². The molecule has 3 amide bonds. The second kappa shape index (κ2) is 12.2. The van der Waals surface area contributed by atoms with Gasteiger partial charge in [0.25, 0.3) is 0 Å². The molecule has 2 saturated heterocycles. The van der Waals surface area contributed by atoms with Crippen molar-refractivity contribution < 1.29 is 19.1 Å². The standard InChI is InChI=1S/C33H39ClN4O4/c1-37(21-22-10-4-2-5-11-22)18-9-19-38-29(31(40)35-24-13-6-3-7-14-24)33-17-16-26(42-33)27(28(33)32(38)41)30(39)36-25-15-8-12-23(34)20-25/h2,4-5,8,10-12,15-17,20,24,26-29H,3,6-7,9,13-14,18-19,21H2,1H3,(H,35,40)(H,36,39)/t26-,27?,28-,29?,33?/m1/s1. The zero-order valence-electron chi connectivity index (χ0n) is 24.0. The van der Waals surface area contributed by atoms with Gasteiger partial charge in [-0.1, -0.05) is 79.4 Å². The van der Waals surface area contributed by atoms with E-state index in [1.54, 1.807) is 29.2 Å². The summed E-state index contributed by atoms with van der Waals surface area (Å²) >= 11 is 6.14. The van der Waals surface area contributed by atoms with Crippen LogP contribution in [0.1, 0.15) is 44.1 Å². The lowest BCUT2D eigenvalue weighted by atomic mass is 9.74. The van der Waals surface area contributed by atoms with Crippen molar-refractivity contribution in [2.45, 2.75) is 68.9 Å². The smallest absolute Gasteiger partial charge is 0.246 e. The van der Waals surface area contributed by atoms with Crippen molar-refractivity contribution in [3.05, 3.63) is 77.3 Å². The van der Waals surface area contributed by atoms with Crippen molar-refractivity contribution in [1.29, 1.82) is 0 Å². The molecule has 3 heterocycles. The first kappa shape index (κ1) is 28.9. The first-order chi connectivity index (χ1) is 20.4. The summed E-state index contributed by atoms with van der Waals surface area (Å²) in [5.41, 5.74) is 0.621. The van der Waals surface area contributed by atoms with Crippen LogP contribution in [0.3, 0.4) is 0 Å². The molecule has 2 N–H and O–H groups in total. The predicted molar refractivity (Wildman–Crippen MR) is 162 cm³/mol. The lowest BCUT2D eigenvalue weighted by Gasteiger charge is -2.34. The molecule has 8 nitrogen and oxygen atoms in total. The Morgan fingerprint density at radius 2 is 1.86 bits per heavy atom. The number of likely N-dealkylation sites (tertiary alicyclic amines) is 1. The third kappa shape index (κ3) is 5.60. The van der Waals surface area contributed by atoms with Crippen molar-refractivity contribution in [3.63, 3.8) is 0 Å². The molecule has 222 valence electrons. The van der Waals surface area contributed by atoms with Crippen molar-refractivity contribution in [1.82, 2.24) is 15.1 Å². The first-order valence-corrected chi connectivity index (χ1v) is 15.5. The van der Waals surface area contributed by atoms with Crippen LogP contribution in [0, 0.1) is 11.8 Å². The number of hydrogen-bond acceptors (Lipinski definition) is 5. The Hall–Kier alpha value is -3.20. The van der Waals surface area contributed by atoms with E-state index in [9.17, 15) is 14.4 Å². The molecule has 3 fully saturated rings. The number of benzene rings is 2. The molecule has 9 heteroatoms. The van der Waals surface area contributed by atoms with Gasteiger partial charge in [-0.15, -0.1) is 0 Å². The molecule has 2 aromatic carbocycles. The molecule has 3 unspecified atom stereocenters. The molecule has 1 spiro atoms. The molecule has 5 atom stereocenters. The molecule has 0 radical (unpaired) electrons. The van der Waals surface area contributed by atoms with E-state index in [0.29, 0.717) is 23.7 Å². The first-order valence-electron chi connectivity index (χ1n) is 15.1. The van der Waals surface area contributed by atoms with Gasteiger partial charge in [-0.3, -0.25) is 14.4 Å². The Bertz CT molecular complexity index is 1350. The minimum Gasteiger partial charge on any atom is -0.359 e. The Morgan fingerprint density at radius 1 is 1.07 bits per heavy atom. The Labute approximate surface area is 252 Å². The van der Waals surface area contributed by atoms with Crippen LogP contribution in [0.25, 0.3) is 0 Å². The van der Waals surface area contributed by atoms with Gasteiger partial charge in [0.15, 0.2) is 0 Å². The van der Waals surface area contributed by atoms with Crippen LogP contribution in [-0.4, -0.2) is 71.4 Å². The Morgan fingerprint density at radius 3 is 2.62 bits per heavy atom. The van der Waals surface area contributed by atoms with E-state index in [4.69, 9.17) is 16.3 Å². The maximum absolute atomic E-state index is 14.2. The van der Waals surface area contributed by atoms with Gasteiger partial charge in [0, 0.05) is 29.8 Å². The molecule has 3 aliphatic heterocycles. The Balaban J connectivity index is 1.21. The van der Waals surface area contributed by atoms with E-state index >= 15 is 0 Å². The van der Waals surface area contributed by atoms with Crippen molar-refractivity contribution in [3.8, 4) is 0 Å². The molecular weight excluding hydrogens is 552 g/mol. The predicted octanol–water partition coefficient (Wildman–Crippen LogP) is 4.40. The van der Waals surface area contributed by atoms with Gasteiger partial charge < -0.3 is 25.2 Å². The molecule has 2 bridgehead atoms. The van der Waals surface area contributed by atoms with Crippen LogP contribution in [0.4, 0.5) is 5.69 Å². The third-order valence-electron chi connectivity index (χ3n) is 9.20. The number of nitrogens with one attached hydrogen (secondary N) is 2. The maximum Gasteiger partial charge on any atom is 0.246 e. The van der Waals surface area contributed by atoms with Crippen LogP contribution >= 0.6 is 11.6 Å². The number of carbonyl (C=O) groups is 3. The summed E-state index contributed by atoms with van der Waals surface area (Å²) in [6.07, 6.45) is 9.09. The van der Waals surface area contributed by atoms with Gasteiger partial charge in [-0.25, -0.2) is 0 Å². The highest BCUT2D eigenvalue weighted by Gasteiger charge is 2.72. The zero-order chi connectivity index (χ0) is 29.3. The minimum atomic E-state index is -1.16. The highest BCUT2D eigenvalue weighted by Crippen LogP contribution is 2.55. The third-order valence-corrected chi connectivity index (χ3v) is 9.44. The van der Waals surface area contributed by atoms with Gasteiger partial charge in [-0.05, 0) is 56.6 Å². The highest BCUT2D eigenvalue weighted by molar-refractivity contribution is 6.30. The van der Waals surface area contributed by atoms with Crippen molar-refractivity contribution in [2.75, 3.05) is 25.5 Å². The van der Waals surface area contributed by atoms with Gasteiger partial charge in [-0.2, -0.15) is 0 Å². The monoisotopic (exact) mass is 590 g/mol. The van der Waals surface area contributed by atoms with E-state index < -0.39 is 29.6 Å². The maximum atomic E-state index is 14.2. The quantitative estimate of drug-likeness (QED) is 0.400. The summed E-state index contributed by atoms with van der Waals surface area (Å²) < 4.78 is 6.48. The number of ether oxygens (including phenoxy) is 1. The molecule has 6 rings (SSSR count). The number of rotatable bonds is 10. The normalized spacial score (nSPS) is 28.4. The largest absolute Gasteiger partial charge is 0.359 e. The van der Waals surface area contributed by atoms with E-state index in [1.165, 1.54) is 12.0 Å². The number of amides is 3. The van der Waals surface area contributed by atoms with Gasteiger partial charge in [0.2, 0.25) is 17.7 Å². The minimum absolute atomic E-state index is 0.0974. The van der Waals surface area contributed by atoms with Crippen molar-refractivity contribution >= 4 is 35.0 Å². The van der Waals surface area contributed by atoms with E-state index in [0.717, 1.165) is 38.8 Å². The molecule has 0 aromatic heterocycles. The fourth-order valence-electron chi connectivity index (χ4n) is 7.31. The van der Waals surface area contributed by atoms with E-state index in [-0.39, 0.29) is 23.8 Å². The summed E-state index contributed by atoms with van der Waals surface area (Å²) in [6.45, 7) is 1.96. The molecule has 2 aromatic rings. The lowest BCUT2D eigenvalue weighted by molar-refractivity contribution is -0.141. The SMILES string of the molecule is CN(CCCN1C(=O)[C@H]2C(C(=O)Nc3cccc(Cl)c3)[C@H]3C=CC2(O3)C1C(=O)NC1CCCCC1)Cc1ccccc1. The summed E-state index contributed by atoms with van der Waals surface area (Å²) in [6, 6.07) is 16.5. The number of nitrogens with zero attached hydrogens (tertiary/aromatic N) is 2. The van der Waals surface area contributed by atoms with E-state index in [1.807, 2.05) is 30.4 Å². The van der Waals surface area contributed by atoms with Gasteiger partial charge in [0.1, 0.15) is 11.6 Å². The van der Waals surface area contributed by atoms with Crippen molar-refractivity contribution in [2.24, 2.45) is 11.8 Å². The number of hydrogen-bond donors (Lipinski definition) is 2.